The maximum atomic E-state index is 11.5. The van der Waals surface area contributed by atoms with Crippen LogP contribution in [-0.2, 0) is 0 Å². The third kappa shape index (κ3) is 5.94. The number of hydrogen-bond acceptors (Lipinski definition) is 5. The van der Waals surface area contributed by atoms with E-state index in [0.29, 0.717) is 22.8 Å². The second kappa shape index (κ2) is 6.64. The van der Waals surface area contributed by atoms with Gasteiger partial charge in [0.05, 0.1) is 0 Å². The molecule has 0 amide bonds. The lowest BCUT2D eigenvalue weighted by Crippen LogP contribution is -2.31. The molecule has 0 spiro atoms. The van der Waals surface area contributed by atoms with Gasteiger partial charge in [-0.15, -0.1) is 0 Å². The maximum Gasteiger partial charge on any atom is 0.252 e. The average molecular weight is 365 g/mol. The SMILES string of the molecule is C[Si](C)(C)Oc1cc(C(=O)Cl)cc(O[Si](C)(C)C)c1OS. The summed E-state index contributed by atoms with van der Waals surface area (Å²) in [6.07, 6.45) is 0. The Morgan fingerprint density at radius 2 is 1.38 bits per heavy atom. The van der Waals surface area contributed by atoms with Gasteiger partial charge >= 0.3 is 0 Å². The number of carbonyl (C=O) groups is 1. The van der Waals surface area contributed by atoms with E-state index in [-0.39, 0.29) is 0 Å². The minimum atomic E-state index is -1.90. The summed E-state index contributed by atoms with van der Waals surface area (Å²) in [6, 6.07) is 3.13. The highest BCUT2D eigenvalue weighted by Crippen LogP contribution is 2.42. The van der Waals surface area contributed by atoms with E-state index in [9.17, 15) is 4.79 Å². The van der Waals surface area contributed by atoms with Crippen molar-refractivity contribution in [3.05, 3.63) is 17.7 Å². The molecule has 0 aliphatic carbocycles. The van der Waals surface area contributed by atoms with Crippen molar-refractivity contribution in [2.24, 2.45) is 0 Å². The second-order valence-electron chi connectivity index (χ2n) is 6.60. The highest BCUT2D eigenvalue weighted by Gasteiger charge is 2.26. The lowest BCUT2D eigenvalue weighted by Gasteiger charge is -2.25. The second-order valence-corrected chi connectivity index (χ2v) is 16.0. The standard InChI is InChI=1S/C13H21ClO4SSi2/c1-20(2,3)17-10-7-9(13(14)15)8-11(12(10)16-19)18-21(4,5)6/h7-8,19H,1-6H3. The number of thiol groups is 1. The van der Waals surface area contributed by atoms with Gasteiger partial charge < -0.3 is 13.0 Å². The summed E-state index contributed by atoms with van der Waals surface area (Å²) in [4.78, 5) is 11.5. The lowest BCUT2D eigenvalue weighted by molar-refractivity contribution is 0.108. The Morgan fingerprint density at radius 3 is 1.62 bits per heavy atom. The van der Waals surface area contributed by atoms with Crippen LogP contribution in [0.4, 0.5) is 0 Å². The Kier molecular flexibility index (Phi) is 5.82. The summed E-state index contributed by atoms with van der Waals surface area (Å²) in [7, 11) is -3.80. The van der Waals surface area contributed by atoms with Gasteiger partial charge in [-0.1, -0.05) is 0 Å². The van der Waals surface area contributed by atoms with Gasteiger partial charge in [-0.2, -0.15) is 0 Å². The van der Waals surface area contributed by atoms with E-state index in [1.165, 1.54) is 0 Å². The highest BCUT2D eigenvalue weighted by atomic mass is 35.5. The molecule has 0 saturated heterocycles. The maximum absolute atomic E-state index is 11.5. The van der Waals surface area contributed by atoms with Crippen molar-refractivity contribution in [1.29, 1.82) is 0 Å². The molecule has 0 aromatic heterocycles. The summed E-state index contributed by atoms with van der Waals surface area (Å²) in [5.41, 5.74) is 0.312. The van der Waals surface area contributed by atoms with Gasteiger partial charge in [-0.3, -0.25) is 4.79 Å². The molecule has 0 aliphatic rings. The minimum absolute atomic E-state index is 0.312. The van der Waals surface area contributed by atoms with Gasteiger partial charge in [0.2, 0.25) is 22.4 Å². The number of hydrogen-bond donors (Lipinski definition) is 1. The predicted octanol–water partition coefficient (Wildman–Crippen LogP) is 4.72. The molecular weight excluding hydrogens is 344 g/mol. The van der Waals surface area contributed by atoms with E-state index >= 15 is 0 Å². The number of benzene rings is 1. The Balaban J connectivity index is 3.43. The Morgan fingerprint density at radius 1 is 1.00 bits per heavy atom. The Labute approximate surface area is 138 Å². The third-order valence-corrected chi connectivity index (χ3v) is 4.24. The molecule has 8 heteroatoms. The zero-order valence-corrected chi connectivity index (χ0v) is 16.8. The van der Waals surface area contributed by atoms with Crippen LogP contribution >= 0.6 is 24.5 Å². The third-order valence-electron chi connectivity index (χ3n) is 2.17. The summed E-state index contributed by atoms with van der Waals surface area (Å²) >= 11 is 9.49. The topological polar surface area (TPSA) is 44.8 Å². The molecular formula is C13H21ClO4SSi2. The molecule has 0 atom stereocenters. The first-order valence-electron chi connectivity index (χ1n) is 6.50. The van der Waals surface area contributed by atoms with E-state index in [4.69, 9.17) is 24.6 Å². The summed E-state index contributed by atoms with van der Waals surface area (Å²) in [6.45, 7) is 12.2. The number of rotatable bonds is 6. The largest absolute Gasteiger partial charge is 0.542 e. The van der Waals surface area contributed by atoms with Crippen LogP contribution in [0.1, 0.15) is 10.4 Å². The Hall–Kier alpha value is -0.636. The molecule has 0 fully saturated rings. The van der Waals surface area contributed by atoms with Crippen LogP contribution < -0.4 is 13.0 Å². The van der Waals surface area contributed by atoms with Gasteiger partial charge in [0.1, 0.15) is 0 Å². The monoisotopic (exact) mass is 364 g/mol. The number of carbonyl (C=O) groups excluding carboxylic acids is 1. The first-order chi connectivity index (χ1) is 9.43. The van der Waals surface area contributed by atoms with E-state index in [1.54, 1.807) is 12.1 Å². The van der Waals surface area contributed by atoms with Crippen molar-refractivity contribution in [3.8, 4) is 17.2 Å². The molecule has 21 heavy (non-hydrogen) atoms. The quantitative estimate of drug-likeness (QED) is 0.343. The molecule has 1 aromatic carbocycles. The van der Waals surface area contributed by atoms with E-state index in [1.807, 2.05) is 39.3 Å². The molecule has 0 heterocycles. The molecule has 118 valence electrons. The molecule has 0 unspecified atom stereocenters. The highest BCUT2D eigenvalue weighted by molar-refractivity contribution is 7.75. The smallest absolute Gasteiger partial charge is 0.252 e. The molecule has 0 bridgehead atoms. The number of halogens is 1. The molecule has 4 nitrogen and oxygen atoms in total. The van der Waals surface area contributed by atoms with Crippen molar-refractivity contribution in [3.63, 3.8) is 0 Å². The van der Waals surface area contributed by atoms with Gasteiger partial charge in [0.15, 0.2) is 11.5 Å². The fraction of sp³-hybridized carbons (Fsp3) is 0.462. The molecule has 0 N–H and O–H groups in total. The average Bonchev–Trinajstić information content (AvgIpc) is 2.23. The van der Waals surface area contributed by atoms with Crippen molar-refractivity contribution in [1.82, 2.24) is 0 Å². The Bertz CT molecular complexity index is 501. The first-order valence-corrected chi connectivity index (χ1v) is 14.1. The first kappa shape index (κ1) is 18.4. The van der Waals surface area contributed by atoms with E-state index in [2.05, 4.69) is 12.9 Å². The minimum Gasteiger partial charge on any atom is -0.542 e. The summed E-state index contributed by atoms with van der Waals surface area (Å²) < 4.78 is 17.1. The summed E-state index contributed by atoms with van der Waals surface area (Å²) in [5.74, 6) is 1.25. The lowest BCUT2D eigenvalue weighted by atomic mass is 10.2. The van der Waals surface area contributed by atoms with Crippen molar-refractivity contribution < 1.29 is 17.8 Å². The van der Waals surface area contributed by atoms with Crippen molar-refractivity contribution in [2.75, 3.05) is 0 Å². The predicted molar refractivity (Wildman–Crippen MR) is 94.2 cm³/mol. The zero-order chi connectivity index (χ0) is 16.4. The molecule has 0 radical (unpaired) electrons. The van der Waals surface area contributed by atoms with Crippen LogP contribution in [0.25, 0.3) is 0 Å². The fourth-order valence-corrected chi connectivity index (χ4v) is 3.50. The van der Waals surface area contributed by atoms with Crippen molar-refractivity contribution in [2.45, 2.75) is 39.3 Å². The molecule has 1 aromatic rings. The van der Waals surface area contributed by atoms with Crippen LogP contribution in [0.5, 0.6) is 17.2 Å². The van der Waals surface area contributed by atoms with Crippen LogP contribution in [0.2, 0.25) is 39.3 Å². The van der Waals surface area contributed by atoms with Crippen LogP contribution in [0, 0.1) is 0 Å². The van der Waals surface area contributed by atoms with Crippen LogP contribution in [0.3, 0.4) is 0 Å². The fourth-order valence-electron chi connectivity index (χ4n) is 1.59. The normalized spacial score (nSPS) is 12.0. The van der Waals surface area contributed by atoms with Gasteiger partial charge in [0, 0.05) is 18.5 Å². The van der Waals surface area contributed by atoms with Crippen LogP contribution in [0.15, 0.2) is 12.1 Å². The van der Waals surface area contributed by atoms with Gasteiger partial charge in [0.25, 0.3) is 5.24 Å². The summed E-state index contributed by atoms with van der Waals surface area (Å²) in [5, 5.41) is -0.568. The van der Waals surface area contributed by atoms with Crippen LogP contribution in [-0.4, -0.2) is 21.9 Å². The molecule has 1 rings (SSSR count). The van der Waals surface area contributed by atoms with E-state index < -0.39 is 21.9 Å². The van der Waals surface area contributed by atoms with Gasteiger partial charge in [-0.25, -0.2) is 0 Å². The van der Waals surface area contributed by atoms with E-state index in [0.717, 1.165) is 0 Å². The van der Waals surface area contributed by atoms with Crippen molar-refractivity contribution >= 4 is 46.4 Å². The van der Waals surface area contributed by atoms with Gasteiger partial charge in [-0.05, 0) is 63.0 Å². The zero-order valence-electron chi connectivity index (χ0n) is 13.1. The molecule has 0 aliphatic heterocycles. The molecule has 0 saturated carbocycles.